The first-order valence-electron chi connectivity index (χ1n) is 4.80. The van der Waals surface area contributed by atoms with Crippen molar-refractivity contribution < 1.29 is 5.11 Å². The Labute approximate surface area is 90.7 Å². The van der Waals surface area contributed by atoms with Gasteiger partial charge in [0, 0.05) is 12.6 Å². The summed E-state index contributed by atoms with van der Waals surface area (Å²) in [6, 6.07) is 10.9. The van der Waals surface area contributed by atoms with Crippen LogP contribution in [0.25, 0.3) is 0 Å². The van der Waals surface area contributed by atoms with Crippen molar-refractivity contribution in [2.24, 2.45) is 0 Å². The summed E-state index contributed by atoms with van der Waals surface area (Å²) in [4.78, 5) is 0. The molecule has 3 heteroatoms. The van der Waals surface area contributed by atoms with E-state index in [0.29, 0.717) is 6.04 Å². The molecule has 2 nitrogen and oxygen atoms in total. The van der Waals surface area contributed by atoms with Gasteiger partial charge in [-0.3, -0.25) is 0 Å². The third-order valence-electron chi connectivity index (χ3n) is 2.55. The molecule has 0 heterocycles. The lowest BCUT2D eigenvalue weighted by Gasteiger charge is -2.32. The van der Waals surface area contributed by atoms with Gasteiger partial charge in [-0.05, 0) is 18.4 Å². The normalized spacial score (nSPS) is 24.9. The standard InChI is InChI=1S/C11H15NO.ClH/c13-11-6-10(7-11)12-8-9-4-2-1-3-5-9;/h1-5,10-13H,6-8H2;1H. The van der Waals surface area contributed by atoms with Crippen LogP contribution in [0.2, 0.25) is 0 Å². The van der Waals surface area contributed by atoms with Gasteiger partial charge >= 0.3 is 0 Å². The van der Waals surface area contributed by atoms with Gasteiger partial charge < -0.3 is 10.4 Å². The number of aliphatic hydroxyl groups excluding tert-OH is 1. The molecule has 78 valence electrons. The summed E-state index contributed by atoms with van der Waals surface area (Å²) < 4.78 is 0. The number of halogens is 1. The summed E-state index contributed by atoms with van der Waals surface area (Å²) >= 11 is 0. The van der Waals surface area contributed by atoms with Gasteiger partial charge in [0.15, 0.2) is 0 Å². The van der Waals surface area contributed by atoms with Crippen molar-refractivity contribution in [3.05, 3.63) is 35.9 Å². The number of aliphatic hydroxyl groups is 1. The molecule has 1 saturated carbocycles. The van der Waals surface area contributed by atoms with Gasteiger partial charge in [0.25, 0.3) is 0 Å². The first-order chi connectivity index (χ1) is 6.34. The van der Waals surface area contributed by atoms with E-state index in [1.165, 1.54) is 5.56 Å². The number of hydrogen-bond donors (Lipinski definition) is 2. The maximum absolute atomic E-state index is 9.08. The highest BCUT2D eigenvalue weighted by molar-refractivity contribution is 5.85. The van der Waals surface area contributed by atoms with E-state index in [1.54, 1.807) is 0 Å². The van der Waals surface area contributed by atoms with Crippen LogP contribution in [0.5, 0.6) is 0 Å². The SMILES string of the molecule is Cl.OC1CC(NCc2ccccc2)C1. The number of nitrogens with one attached hydrogen (secondary N) is 1. The predicted octanol–water partition coefficient (Wildman–Crippen LogP) is 1.72. The lowest BCUT2D eigenvalue weighted by Crippen LogP contribution is -2.43. The van der Waals surface area contributed by atoms with Crippen molar-refractivity contribution in [1.29, 1.82) is 0 Å². The summed E-state index contributed by atoms with van der Waals surface area (Å²) in [7, 11) is 0. The Morgan fingerprint density at radius 2 is 1.86 bits per heavy atom. The minimum Gasteiger partial charge on any atom is -0.393 e. The number of hydrogen-bond acceptors (Lipinski definition) is 2. The molecule has 0 atom stereocenters. The second-order valence-electron chi connectivity index (χ2n) is 3.69. The van der Waals surface area contributed by atoms with Crippen LogP contribution in [0.15, 0.2) is 30.3 Å². The van der Waals surface area contributed by atoms with Gasteiger partial charge in [-0.25, -0.2) is 0 Å². The van der Waals surface area contributed by atoms with Gasteiger partial charge in [-0.2, -0.15) is 0 Å². The van der Waals surface area contributed by atoms with Crippen molar-refractivity contribution in [2.75, 3.05) is 0 Å². The van der Waals surface area contributed by atoms with Gasteiger partial charge in [-0.15, -0.1) is 12.4 Å². The molecular weight excluding hydrogens is 198 g/mol. The molecule has 0 unspecified atom stereocenters. The lowest BCUT2D eigenvalue weighted by molar-refractivity contribution is 0.0619. The Hall–Kier alpha value is -0.570. The maximum Gasteiger partial charge on any atom is 0.0570 e. The van der Waals surface area contributed by atoms with E-state index in [1.807, 2.05) is 18.2 Å². The van der Waals surface area contributed by atoms with Crippen LogP contribution in [0.3, 0.4) is 0 Å². The zero-order valence-electron chi connectivity index (χ0n) is 8.02. The molecule has 0 bridgehead atoms. The molecule has 0 aliphatic heterocycles. The van der Waals surface area contributed by atoms with Crippen molar-refractivity contribution in [3.63, 3.8) is 0 Å². The monoisotopic (exact) mass is 213 g/mol. The molecule has 2 N–H and O–H groups in total. The molecule has 0 saturated heterocycles. The highest BCUT2D eigenvalue weighted by Gasteiger charge is 2.26. The van der Waals surface area contributed by atoms with E-state index in [9.17, 15) is 0 Å². The molecule has 1 fully saturated rings. The molecule has 0 aromatic heterocycles. The van der Waals surface area contributed by atoms with Crippen molar-refractivity contribution in [1.82, 2.24) is 5.32 Å². The van der Waals surface area contributed by atoms with Crippen LogP contribution in [0.1, 0.15) is 18.4 Å². The van der Waals surface area contributed by atoms with E-state index in [-0.39, 0.29) is 18.5 Å². The molecule has 0 spiro atoms. The van der Waals surface area contributed by atoms with E-state index in [2.05, 4.69) is 17.4 Å². The van der Waals surface area contributed by atoms with E-state index in [0.717, 1.165) is 19.4 Å². The Morgan fingerprint density at radius 3 is 2.43 bits per heavy atom. The fourth-order valence-electron chi connectivity index (χ4n) is 1.61. The molecule has 1 aromatic carbocycles. The summed E-state index contributed by atoms with van der Waals surface area (Å²) in [6.07, 6.45) is 1.76. The first kappa shape index (κ1) is 11.5. The Balaban J connectivity index is 0.000000980. The minimum absolute atomic E-state index is 0. The molecule has 1 aliphatic carbocycles. The van der Waals surface area contributed by atoms with Crippen molar-refractivity contribution in [3.8, 4) is 0 Å². The van der Waals surface area contributed by atoms with Crippen molar-refractivity contribution >= 4 is 12.4 Å². The van der Waals surface area contributed by atoms with E-state index < -0.39 is 0 Å². The van der Waals surface area contributed by atoms with Crippen LogP contribution in [0, 0.1) is 0 Å². The Morgan fingerprint density at radius 1 is 1.21 bits per heavy atom. The topological polar surface area (TPSA) is 32.3 Å². The van der Waals surface area contributed by atoms with Crippen LogP contribution < -0.4 is 5.32 Å². The van der Waals surface area contributed by atoms with Crippen LogP contribution >= 0.6 is 12.4 Å². The van der Waals surface area contributed by atoms with E-state index >= 15 is 0 Å². The Bertz CT molecular complexity index is 259. The fourth-order valence-corrected chi connectivity index (χ4v) is 1.61. The fraction of sp³-hybridized carbons (Fsp3) is 0.455. The van der Waals surface area contributed by atoms with Crippen LogP contribution in [-0.2, 0) is 6.54 Å². The summed E-state index contributed by atoms with van der Waals surface area (Å²) in [5, 5.41) is 12.5. The van der Waals surface area contributed by atoms with Gasteiger partial charge in [0.1, 0.15) is 0 Å². The first-order valence-corrected chi connectivity index (χ1v) is 4.80. The molecular formula is C11H16ClNO. The zero-order valence-corrected chi connectivity index (χ0v) is 8.83. The molecule has 0 radical (unpaired) electrons. The van der Waals surface area contributed by atoms with Crippen LogP contribution in [0.4, 0.5) is 0 Å². The highest BCUT2D eigenvalue weighted by Crippen LogP contribution is 2.19. The molecule has 1 aromatic rings. The molecule has 1 aliphatic rings. The second-order valence-corrected chi connectivity index (χ2v) is 3.69. The molecule has 2 rings (SSSR count). The van der Waals surface area contributed by atoms with Gasteiger partial charge in [0.2, 0.25) is 0 Å². The van der Waals surface area contributed by atoms with Crippen molar-refractivity contribution in [2.45, 2.75) is 31.5 Å². The average molecular weight is 214 g/mol. The highest BCUT2D eigenvalue weighted by atomic mass is 35.5. The van der Waals surface area contributed by atoms with Gasteiger partial charge in [0.05, 0.1) is 6.10 Å². The van der Waals surface area contributed by atoms with E-state index in [4.69, 9.17) is 5.11 Å². The van der Waals surface area contributed by atoms with Crippen LogP contribution in [-0.4, -0.2) is 17.3 Å². The Kier molecular flexibility index (Phi) is 4.39. The third kappa shape index (κ3) is 2.98. The summed E-state index contributed by atoms with van der Waals surface area (Å²) in [5.41, 5.74) is 1.31. The summed E-state index contributed by atoms with van der Waals surface area (Å²) in [6.45, 7) is 0.915. The van der Waals surface area contributed by atoms with Gasteiger partial charge in [-0.1, -0.05) is 30.3 Å². The quantitative estimate of drug-likeness (QED) is 0.802. The zero-order chi connectivity index (χ0) is 9.10. The smallest absolute Gasteiger partial charge is 0.0570 e. The number of benzene rings is 1. The third-order valence-corrected chi connectivity index (χ3v) is 2.55. The maximum atomic E-state index is 9.08. The largest absolute Gasteiger partial charge is 0.393 e. The average Bonchev–Trinajstić information content (AvgIpc) is 2.12. The predicted molar refractivity (Wildman–Crippen MR) is 59.6 cm³/mol. The summed E-state index contributed by atoms with van der Waals surface area (Å²) in [5.74, 6) is 0. The number of rotatable bonds is 3. The minimum atomic E-state index is -0.0618. The second kappa shape index (κ2) is 5.35. The lowest BCUT2D eigenvalue weighted by atomic mass is 9.89. The molecule has 0 amide bonds. The molecule has 14 heavy (non-hydrogen) atoms.